The Hall–Kier alpha value is -1.75. The molecule has 0 amide bonds. The standard InChI is InChI=1S/C15H22N2O3/c1-2-20-15(19)13-8-12(5-6-14(13)16)17-7-3-4-11(9-17)10-18/h5-6,8,11,18H,2-4,7,9-10,16H2,1H3. The van der Waals surface area contributed by atoms with Crippen LogP contribution in [0.3, 0.4) is 0 Å². The van der Waals surface area contributed by atoms with Gasteiger partial charge in [0.15, 0.2) is 0 Å². The number of nitrogens with two attached hydrogens (primary N) is 1. The lowest BCUT2D eigenvalue weighted by Crippen LogP contribution is -2.36. The van der Waals surface area contributed by atoms with E-state index in [1.54, 1.807) is 19.1 Å². The van der Waals surface area contributed by atoms with Crippen molar-refractivity contribution in [3.05, 3.63) is 23.8 Å². The van der Waals surface area contributed by atoms with Crippen molar-refractivity contribution in [2.45, 2.75) is 19.8 Å². The number of nitrogen functional groups attached to an aromatic ring is 1. The molecule has 1 aliphatic rings. The Balaban J connectivity index is 2.20. The van der Waals surface area contributed by atoms with E-state index in [9.17, 15) is 9.90 Å². The summed E-state index contributed by atoms with van der Waals surface area (Å²) in [5.41, 5.74) is 7.65. The Morgan fingerprint density at radius 1 is 1.55 bits per heavy atom. The molecule has 110 valence electrons. The first kappa shape index (κ1) is 14.7. The van der Waals surface area contributed by atoms with Gasteiger partial charge in [0, 0.05) is 31.1 Å². The number of hydrogen-bond acceptors (Lipinski definition) is 5. The highest BCUT2D eigenvalue weighted by molar-refractivity contribution is 5.96. The highest BCUT2D eigenvalue weighted by Gasteiger charge is 2.21. The van der Waals surface area contributed by atoms with Crippen molar-refractivity contribution in [1.82, 2.24) is 0 Å². The fourth-order valence-electron chi connectivity index (χ4n) is 2.58. The third-order valence-electron chi connectivity index (χ3n) is 3.67. The van der Waals surface area contributed by atoms with Crippen LogP contribution in [0.1, 0.15) is 30.1 Å². The van der Waals surface area contributed by atoms with Crippen molar-refractivity contribution in [3.63, 3.8) is 0 Å². The van der Waals surface area contributed by atoms with Gasteiger partial charge in [-0.1, -0.05) is 0 Å². The number of ether oxygens (including phenoxy) is 1. The van der Waals surface area contributed by atoms with E-state index < -0.39 is 0 Å². The van der Waals surface area contributed by atoms with E-state index in [2.05, 4.69) is 4.90 Å². The number of rotatable bonds is 4. The molecule has 0 spiro atoms. The number of nitrogens with zero attached hydrogens (tertiary/aromatic N) is 1. The quantitative estimate of drug-likeness (QED) is 0.647. The zero-order valence-electron chi connectivity index (χ0n) is 11.8. The van der Waals surface area contributed by atoms with Gasteiger partial charge in [-0.3, -0.25) is 0 Å². The smallest absolute Gasteiger partial charge is 0.340 e. The van der Waals surface area contributed by atoms with Gasteiger partial charge < -0.3 is 20.5 Å². The molecule has 1 heterocycles. The molecule has 1 fully saturated rings. The number of carbonyl (C=O) groups excluding carboxylic acids is 1. The lowest BCUT2D eigenvalue weighted by atomic mass is 9.98. The molecular weight excluding hydrogens is 256 g/mol. The van der Waals surface area contributed by atoms with E-state index in [0.717, 1.165) is 31.6 Å². The van der Waals surface area contributed by atoms with Crippen LogP contribution in [0, 0.1) is 5.92 Å². The summed E-state index contributed by atoms with van der Waals surface area (Å²) in [5, 5.41) is 9.29. The molecule has 5 nitrogen and oxygen atoms in total. The van der Waals surface area contributed by atoms with Gasteiger partial charge >= 0.3 is 5.97 Å². The molecule has 0 aromatic heterocycles. The second-order valence-corrected chi connectivity index (χ2v) is 5.13. The molecular formula is C15H22N2O3. The number of benzene rings is 1. The van der Waals surface area contributed by atoms with Gasteiger partial charge in [0.05, 0.1) is 12.2 Å². The zero-order chi connectivity index (χ0) is 14.5. The number of hydrogen-bond donors (Lipinski definition) is 2. The van der Waals surface area contributed by atoms with E-state index in [0.29, 0.717) is 23.8 Å². The minimum absolute atomic E-state index is 0.205. The maximum absolute atomic E-state index is 11.9. The minimum Gasteiger partial charge on any atom is -0.462 e. The highest BCUT2D eigenvalue weighted by Crippen LogP contribution is 2.26. The highest BCUT2D eigenvalue weighted by atomic mass is 16.5. The molecule has 1 unspecified atom stereocenters. The number of carbonyl (C=O) groups is 1. The molecule has 1 aromatic rings. The normalized spacial score (nSPS) is 18.9. The van der Waals surface area contributed by atoms with Crippen LogP contribution in [0.5, 0.6) is 0 Å². The lowest BCUT2D eigenvalue weighted by molar-refractivity contribution is 0.0527. The van der Waals surface area contributed by atoms with E-state index in [1.165, 1.54) is 0 Å². The summed E-state index contributed by atoms with van der Waals surface area (Å²) in [6, 6.07) is 5.44. The molecule has 1 saturated heterocycles. The Morgan fingerprint density at radius 2 is 2.35 bits per heavy atom. The second-order valence-electron chi connectivity index (χ2n) is 5.13. The molecule has 0 bridgehead atoms. The Morgan fingerprint density at radius 3 is 3.05 bits per heavy atom. The van der Waals surface area contributed by atoms with Crippen LogP contribution >= 0.6 is 0 Å². The summed E-state index contributed by atoms with van der Waals surface area (Å²) in [4.78, 5) is 14.0. The first-order valence-electron chi connectivity index (χ1n) is 7.08. The zero-order valence-corrected chi connectivity index (χ0v) is 11.8. The summed E-state index contributed by atoms with van der Waals surface area (Å²) in [7, 11) is 0. The summed E-state index contributed by atoms with van der Waals surface area (Å²) < 4.78 is 5.02. The van der Waals surface area contributed by atoms with Crippen LogP contribution in [0.15, 0.2) is 18.2 Å². The molecule has 1 atom stereocenters. The van der Waals surface area contributed by atoms with E-state index in [-0.39, 0.29) is 12.6 Å². The van der Waals surface area contributed by atoms with Crippen molar-refractivity contribution >= 4 is 17.3 Å². The Kier molecular flexibility index (Phi) is 4.84. The molecule has 0 aliphatic carbocycles. The monoisotopic (exact) mass is 278 g/mol. The SMILES string of the molecule is CCOC(=O)c1cc(N2CCCC(CO)C2)ccc1N. The average molecular weight is 278 g/mol. The van der Waals surface area contributed by atoms with Gasteiger partial charge in [-0.2, -0.15) is 0 Å². The summed E-state index contributed by atoms with van der Waals surface area (Å²) in [6.45, 7) is 4.05. The minimum atomic E-state index is -0.387. The largest absolute Gasteiger partial charge is 0.462 e. The van der Waals surface area contributed by atoms with Crippen molar-refractivity contribution in [1.29, 1.82) is 0 Å². The fourth-order valence-corrected chi connectivity index (χ4v) is 2.58. The average Bonchev–Trinajstić information content (AvgIpc) is 2.48. The molecule has 2 rings (SSSR count). The van der Waals surface area contributed by atoms with Gasteiger partial charge in [0.1, 0.15) is 0 Å². The maximum Gasteiger partial charge on any atom is 0.340 e. The molecule has 1 aromatic carbocycles. The van der Waals surface area contributed by atoms with Crippen molar-refractivity contribution < 1.29 is 14.6 Å². The first-order chi connectivity index (χ1) is 9.65. The first-order valence-corrected chi connectivity index (χ1v) is 7.08. The third-order valence-corrected chi connectivity index (χ3v) is 3.67. The molecule has 20 heavy (non-hydrogen) atoms. The number of aliphatic hydroxyl groups excluding tert-OH is 1. The van der Waals surface area contributed by atoms with Crippen LogP contribution in [0.2, 0.25) is 0 Å². The number of esters is 1. The molecule has 5 heteroatoms. The Bertz CT molecular complexity index is 476. The number of piperidine rings is 1. The second kappa shape index (κ2) is 6.61. The van der Waals surface area contributed by atoms with Crippen LogP contribution in [0.4, 0.5) is 11.4 Å². The van der Waals surface area contributed by atoms with Gasteiger partial charge in [-0.25, -0.2) is 4.79 Å². The van der Waals surface area contributed by atoms with Gasteiger partial charge in [0.25, 0.3) is 0 Å². The summed E-state index contributed by atoms with van der Waals surface area (Å²) >= 11 is 0. The predicted octanol–water partition coefficient (Wildman–Crippen LogP) is 1.65. The van der Waals surface area contributed by atoms with Crippen LogP contribution in [-0.2, 0) is 4.74 Å². The number of anilines is 2. The summed E-state index contributed by atoms with van der Waals surface area (Å²) in [5.74, 6) is -0.0880. The Labute approximate surface area is 119 Å². The lowest BCUT2D eigenvalue weighted by Gasteiger charge is -2.33. The van der Waals surface area contributed by atoms with Gasteiger partial charge in [0.2, 0.25) is 0 Å². The van der Waals surface area contributed by atoms with Gasteiger partial charge in [-0.15, -0.1) is 0 Å². The van der Waals surface area contributed by atoms with E-state index in [4.69, 9.17) is 10.5 Å². The molecule has 1 aliphatic heterocycles. The number of aliphatic hydroxyl groups is 1. The predicted molar refractivity (Wildman–Crippen MR) is 78.8 cm³/mol. The molecule has 3 N–H and O–H groups in total. The van der Waals surface area contributed by atoms with Crippen molar-refractivity contribution in [2.24, 2.45) is 5.92 Å². The molecule has 0 radical (unpaired) electrons. The van der Waals surface area contributed by atoms with Crippen molar-refractivity contribution in [2.75, 3.05) is 36.9 Å². The van der Waals surface area contributed by atoms with Crippen LogP contribution in [0.25, 0.3) is 0 Å². The topological polar surface area (TPSA) is 75.8 Å². The fraction of sp³-hybridized carbons (Fsp3) is 0.533. The van der Waals surface area contributed by atoms with Crippen molar-refractivity contribution in [3.8, 4) is 0 Å². The maximum atomic E-state index is 11.9. The van der Waals surface area contributed by atoms with Crippen LogP contribution < -0.4 is 10.6 Å². The summed E-state index contributed by atoms with van der Waals surface area (Å²) in [6.07, 6.45) is 2.09. The molecule has 0 saturated carbocycles. The van der Waals surface area contributed by atoms with Crippen LogP contribution in [-0.4, -0.2) is 37.4 Å². The van der Waals surface area contributed by atoms with E-state index >= 15 is 0 Å². The van der Waals surface area contributed by atoms with E-state index in [1.807, 2.05) is 6.07 Å². The van der Waals surface area contributed by atoms with Gasteiger partial charge in [-0.05, 0) is 43.9 Å². The third kappa shape index (κ3) is 3.22.